The second kappa shape index (κ2) is 8.32. The Morgan fingerprint density at radius 2 is 1.38 bits per heavy atom. The molecular formula is C30H26N2. The van der Waals surface area contributed by atoms with Gasteiger partial charge in [-0.25, -0.2) is 0 Å². The molecule has 0 aromatic heterocycles. The standard InChI is InChI=1S/C30H26N2/c1-32(2)24-17-18-26(28(20-24)30(31)22-13-7-4-8-14-22)29-25-16-10-9-15-23(25)19-27(29)21-11-5-3-6-12-21/h3-20,29,31H,1-2H3. The third-order valence-corrected chi connectivity index (χ3v) is 6.23. The first kappa shape index (κ1) is 20.0. The fraction of sp³-hybridized carbons (Fsp3) is 0.100. The fourth-order valence-electron chi connectivity index (χ4n) is 4.59. The van der Waals surface area contributed by atoms with Gasteiger partial charge in [-0.1, -0.05) is 91.0 Å². The number of nitrogens with one attached hydrogen (secondary N) is 1. The number of allylic oxidation sites excluding steroid dienone is 1. The minimum absolute atomic E-state index is 0.0869. The number of fused-ring (bicyclic) bond motifs is 1. The minimum atomic E-state index is 0.0869. The van der Waals surface area contributed by atoms with Crippen LogP contribution in [0.1, 0.15) is 39.3 Å². The quantitative estimate of drug-likeness (QED) is 0.355. The number of hydrogen-bond donors (Lipinski definition) is 1. The molecule has 4 aromatic rings. The molecule has 0 saturated heterocycles. The van der Waals surface area contributed by atoms with Crippen LogP contribution in [0.3, 0.4) is 0 Å². The van der Waals surface area contributed by atoms with E-state index in [1.54, 1.807) is 0 Å². The van der Waals surface area contributed by atoms with Crippen LogP contribution < -0.4 is 4.90 Å². The van der Waals surface area contributed by atoms with Crippen molar-refractivity contribution < 1.29 is 0 Å². The highest BCUT2D eigenvalue weighted by Gasteiger charge is 2.30. The molecule has 156 valence electrons. The van der Waals surface area contributed by atoms with Crippen LogP contribution in [-0.2, 0) is 0 Å². The van der Waals surface area contributed by atoms with Crippen LogP contribution >= 0.6 is 0 Å². The zero-order chi connectivity index (χ0) is 22.1. The summed E-state index contributed by atoms with van der Waals surface area (Å²) in [5.74, 6) is 0.0869. The topological polar surface area (TPSA) is 27.1 Å². The van der Waals surface area contributed by atoms with Crippen molar-refractivity contribution in [2.75, 3.05) is 19.0 Å². The maximum atomic E-state index is 9.13. The van der Waals surface area contributed by atoms with Gasteiger partial charge in [-0.2, -0.15) is 0 Å². The van der Waals surface area contributed by atoms with Crippen molar-refractivity contribution >= 4 is 23.0 Å². The van der Waals surface area contributed by atoms with E-state index in [4.69, 9.17) is 5.41 Å². The number of nitrogens with zero attached hydrogens (tertiary/aromatic N) is 1. The van der Waals surface area contributed by atoms with Crippen LogP contribution in [0.5, 0.6) is 0 Å². The predicted molar refractivity (Wildman–Crippen MR) is 136 cm³/mol. The maximum absolute atomic E-state index is 9.13. The summed E-state index contributed by atoms with van der Waals surface area (Å²) in [6, 6.07) is 35.8. The Labute approximate surface area is 190 Å². The van der Waals surface area contributed by atoms with Gasteiger partial charge in [-0.05, 0) is 46.0 Å². The molecule has 1 unspecified atom stereocenters. The molecule has 0 spiro atoms. The Morgan fingerprint density at radius 3 is 2.09 bits per heavy atom. The van der Waals surface area contributed by atoms with Gasteiger partial charge in [-0.15, -0.1) is 0 Å². The lowest BCUT2D eigenvalue weighted by molar-refractivity contribution is 1.05. The molecular weight excluding hydrogens is 388 g/mol. The molecule has 0 heterocycles. The first-order valence-electron chi connectivity index (χ1n) is 10.9. The van der Waals surface area contributed by atoms with E-state index in [2.05, 4.69) is 83.8 Å². The highest BCUT2D eigenvalue weighted by molar-refractivity contribution is 6.13. The zero-order valence-corrected chi connectivity index (χ0v) is 18.4. The SMILES string of the molecule is CN(C)c1ccc(C2C(c3ccccc3)=Cc3ccccc32)c(C(=N)c2ccccc2)c1. The van der Waals surface area contributed by atoms with Gasteiger partial charge in [0.15, 0.2) is 0 Å². The number of benzene rings is 4. The molecule has 5 rings (SSSR count). The van der Waals surface area contributed by atoms with Gasteiger partial charge in [-0.3, -0.25) is 5.41 Å². The van der Waals surface area contributed by atoms with E-state index in [0.29, 0.717) is 5.71 Å². The highest BCUT2D eigenvalue weighted by atomic mass is 15.1. The average molecular weight is 415 g/mol. The Hall–Kier alpha value is -3.91. The van der Waals surface area contributed by atoms with E-state index in [1.165, 1.54) is 27.8 Å². The smallest absolute Gasteiger partial charge is 0.0688 e. The molecule has 2 nitrogen and oxygen atoms in total. The molecule has 0 aliphatic heterocycles. The van der Waals surface area contributed by atoms with Crippen molar-refractivity contribution in [3.05, 3.63) is 137 Å². The second-order valence-electron chi connectivity index (χ2n) is 8.43. The van der Waals surface area contributed by atoms with Gasteiger partial charge >= 0.3 is 0 Å². The molecule has 1 atom stereocenters. The van der Waals surface area contributed by atoms with Crippen LogP contribution in [0.15, 0.2) is 103 Å². The lowest BCUT2D eigenvalue weighted by Gasteiger charge is -2.24. The van der Waals surface area contributed by atoms with Gasteiger partial charge in [0.2, 0.25) is 0 Å². The van der Waals surface area contributed by atoms with Crippen LogP contribution in [0, 0.1) is 5.41 Å². The molecule has 2 heteroatoms. The first-order chi connectivity index (χ1) is 15.6. The number of anilines is 1. The summed E-state index contributed by atoms with van der Waals surface area (Å²) in [4.78, 5) is 2.10. The Bertz CT molecular complexity index is 1300. The van der Waals surface area contributed by atoms with Crippen LogP contribution in [0.25, 0.3) is 11.6 Å². The van der Waals surface area contributed by atoms with E-state index >= 15 is 0 Å². The molecule has 32 heavy (non-hydrogen) atoms. The van der Waals surface area contributed by atoms with Crippen molar-refractivity contribution in [1.29, 1.82) is 5.41 Å². The fourth-order valence-corrected chi connectivity index (χ4v) is 4.59. The predicted octanol–water partition coefficient (Wildman–Crippen LogP) is 6.85. The highest BCUT2D eigenvalue weighted by Crippen LogP contribution is 2.47. The van der Waals surface area contributed by atoms with Crippen LogP contribution in [0.4, 0.5) is 5.69 Å². The Morgan fingerprint density at radius 1 is 0.719 bits per heavy atom. The summed E-state index contributed by atoms with van der Waals surface area (Å²) in [5.41, 5.74) is 9.80. The van der Waals surface area contributed by atoms with Gasteiger partial charge in [0.1, 0.15) is 0 Å². The third kappa shape index (κ3) is 3.54. The second-order valence-corrected chi connectivity index (χ2v) is 8.43. The largest absolute Gasteiger partial charge is 0.378 e. The van der Waals surface area contributed by atoms with E-state index in [9.17, 15) is 0 Å². The van der Waals surface area contributed by atoms with Gasteiger partial charge in [0.25, 0.3) is 0 Å². The van der Waals surface area contributed by atoms with Crippen LogP contribution in [0.2, 0.25) is 0 Å². The normalized spacial score (nSPS) is 14.6. The Balaban J connectivity index is 1.72. The van der Waals surface area contributed by atoms with Crippen molar-refractivity contribution in [2.45, 2.75) is 5.92 Å². The summed E-state index contributed by atoms with van der Waals surface area (Å²) in [7, 11) is 4.09. The van der Waals surface area contributed by atoms with E-state index < -0.39 is 0 Å². The van der Waals surface area contributed by atoms with Gasteiger partial charge < -0.3 is 4.90 Å². The van der Waals surface area contributed by atoms with Crippen LogP contribution in [-0.4, -0.2) is 19.8 Å². The molecule has 0 bridgehead atoms. The van der Waals surface area contributed by atoms with Gasteiger partial charge in [0.05, 0.1) is 5.71 Å². The molecule has 0 saturated carbocycles. The van der Waals surface area contributed by atoms with Crippen molar-refractivity contribution in [3.63, 3.8) is 0 Å². The molecule has 1 aliphatic rings. The summed E-state index contributed by atoms with van der Waals surface area (Å²) in [5, 5.41) is 9.13. The summed E-state index contributed by atoms with van der Waals surface area (Å²) < 4.78 is 0. The van der Waals surface area contributed by atoms with Crippen molar-refractivity contribution in [1.82, 2.24) is 0 Å². The molecule has 1 aliphatic carbocycles. The summed E-state index contributed by atoms with van der Waals surface area (Å²) >= 11 is 0. The lowest BCUT2D eigenvalue weighted by Crippen LogP contribution is -2.14. The lowest BCUT2D eigenvalue weighted by atomic mass is 9.81. The molecule has 0 fully saturated rings. The zero-order valence-electron chi connectivity index (χ0n) is 18.4. The number of rotatable bonds is 5. The Kier molecular flexibility index (Phi) is 5.20. The summed E-state index contributed by atoms with van der Waals surface area (Å²) in [6.07, 6.45) is 2.31. The van der Waals surface area contributed by atoms with E-state index in [-0.39, 0.29) is 5.92 Å². The van der Waals surface area contributed by atoms with Crippen molar-refractivity contribution in [3.8, 4) is 0 Å². The molecule has 4 aromatic carbocycles. The maximum Gasteiger partial charge on any atom is 0.0688 e. The van der Waals surface area contributed by atoms with E-state index in [1.807, 2.05) is 44.4 Å². The molecule has 0 amide bonds. The van der Waals surface area contributed by atoms with E-state index in [0.717, 1.165) is 16.8 Å². The monoisotopic (exact) mass is 414 g/mol. The number of hydrogen-bond acceptors (Lipinski definition) is 2. The third-order valence-electron chi connectivity index (χ3n) is 6.23. The molecule has 0 radical (unpaired) electrons. The average Bonchev–Trinajstić information content (AvgIpc) is 3.24. The minimum Gasteiger partial charge on any atom is -0.378 e. The van der Waals surface area contributed by atoms with Gasteiger partial charge in [0, 0.05) is 36.8 Å². The summed E-state index contributed by atoms with van der Waals surface area (Å²) in [6.45, 7) is 0. The van der Waals surface area contributed by atoms with Crippen molar-refractivity contribution in [2.24, 2.45) is 0 Å². The molecule has 1 N–H and O–H groups in total. The first-order valence-corrected chi connectivity index (χ1v) is 10.9.